The van der Waals surface area contributed by atoms with Crippen molar-refractivity contribution < 1.29 is 4.74 Å². The molecule has 0 unspecified atom stereocenters. The van der Waals surface area contributed by atoms with Crippen LogP contribution in [-0.2, 0) is 6.42 Å². The number of benzene rings is 2. The van der Waals surface area contributed by atoms with Gasteiger partial charge in [-0.2, -0.15) is 4.98 Å². The number of fused-ring (bicyclic) bond motifs is 1. The van der Waals surface area contributed by atoms with Crippen molar-refractivity contribution in [1.82, 2.24) is 9.38 Å². The normalized spacial score (nSPS) is 11.9. The van der Waals surface area contributed by atoms with Gasteiger partial charge in [0.25, 0.3) is 11.1 Å². The van der Waals surface area contributed by atoms with Gasteiger partial charge in [-0.3, -0.25) is 14.0 Å². The standard InChI is InChI=1S/C22H18N2O3S/c1-14-18(12-15-6-4-3-5-7-15)20(25)23-22-24(14)21(26)19(28-22)13-16-8-10-17(27-2)11-9-16/h3-11,13H,12H2,1-2H3. The van der Waals surface area contributed by atoms with Crippen molar-refractivity contribution in [3.8, 4) is 5.75 Å². The van der Waals surface area contributed by atoms with Crippen LogP contribution in [-0.4, -0.2) is 16.5 Å². The lowest BCUT2D eigenvalue weighted by Gasteiger charge is -2.06. The SMILES string of the molecule is COc1ccc(C=c2sc3nc(=O)c(Cc4ccccc4)c(C)n3c2=O)cc1. The zero-order valence-corrected chi connectivity index (χ0v) is 16.3. The molecular weight excluding hydrogens is 372 g/mol. The van der Waals surface area contributed by atoms with Gasteiger partial charge in [-0.25, -0.2) is 0 Å². The maximum atomic E-state index is 13.0. The second-order valence-corrected chi connectivity index (χ2v) is 7.46. The van der Waals surface area contributed by atoms with Gasteiger partial charge in [-0.05, 0) is 36.3 Å². The minimum Gasteiger partial charge on any atom is -0.497 e. The molecule has 0 aliphatic carbocycles. The third kappa shape index (κ3) is 3.34. The van der Waals surface area contributed by atoms with Crippen molar-refractivity contribution in [2.24, 2.45) is 0 Å². The molecule has 4 aromatic rings. The molecule has 0 atom stereocenters. The number of hydrogen-bond donors (Lipinski definition) is 0. The van der Waals surface area contributed by atoms with Gasteiger partial charge in [0.05, 0.1) is 11.6 Å². The first kappa shape index (κ1) is 18.1. The highest BCUT2D eigenvalue weighted by Gasteiger charge is 2.14. The number of thiazole rings is 1. The first-order valence-electron chi connectivity index (χ1n) is 8.81. The molecule has 0 aliphatic rings. The Balaban J connectivity index is 1.85. The van der Waals surface area contributed by atoms with Crippen molar-refractivity contribution >= 4 is 22.4 Å². The minimum atomic E-state index is -0.279. The van der Waals surface area contributed by atoms with E-state index in [2.05, 4.69) is 4.98 Å². The van der Waals surface area contributed by atoms with Gasteiger partial charge >= 0.3 is 0 Å². The van der Waals surface area contributed by atoms with Gasteiger partial charge in [0.1, 0.15) is 5.75 Å². The summed E-state index contributed by atoms with van der Waals surface area (Å²) in [5.74, 6) is 0.754. The highest BCUT2D eigenvalue weighted by Crippen LogP contribution is 2.13. The topological polar surface area (TPSA) is 60.7 Å². The van der Waals surface area contributed by atoms with Crippen molar-refractivity contribution in [3.63, 3.8) is 0 Å². The molecule has 4 rings (SSSR count). The fourth-order valence-electron chi connectivity index (χ4n) is 3.14. The smallest absolute Gasteiger partial charge is 0.277 e. The lowest BCUT2D eigenvalue weighted by atomic mass is 10.1. The molecule has 0 fully saturated rings. The summed E-state index contributed by atoms with van der Waals surface area (Å²) in [6, 6.07) is 17.2. The maximum Gasteiger partial charge on any atom is 0.277 e. The van der Waals surface area contributed by atoms with Crippen molar-refractivity contribution in [3.05, 3.63) is 102 Å². The quantitative estimate of drug-likeness (QED) is 0.537. The Morgan fingerprint density at radius 3 is 2.46 bits per heavy atom. The Labute approximate surface area is 165 Å². The van der Waals surface area contributed by atoms with Crippen LogP contribution in [0.5, 0.6) is 5.75 Å². The molecule has 0 spiro atoms. The second kappa shape index (κ2) is 7.40. The Hall–Kier alpha value is -3.25. The summed E-state index contributed by atoms with van der Waals surface area (Å²) < 4.78 is 7.24. The Morgan fingerprint density at radius 2 is 1.79 bits per heavy atom. The number of methoxy groups -OCH3 is 1. The zero-order chi connectivity index (χ0) is 19.7. The summed E-state index contributed by atoms with van der Waals surface area (Å²) in [5, 5.41) is 0. The zero-order valence-electron chi connectivity index (χ0n) is 15.5. The van der Waals surface area contributed by atoms with E-state index in [1.807, 2.05) is 60.7 Å². The fourth-order valence-corrected chi connectivity index (χ4v) is 4.15. The van der Waals surface area contributed by atoms with E-state index >= 15 is 0 Å². The summed E-state index contributed by atoms with van der Waals surface area (Å²) in [5.41, 5.74) is 2.66. The van der Waals surface area contributed by atoms with Gasteiger partial charge in [-0.15, -0.1) is 0 Å². The molecule has 2 aromatic carbocycles. The molecular formula is C22H18N2O3S. The third-order valence-corrected chi connectivity index (χ3v) is 5.64. The maximum absolute atomic E-state index is 13.0. The highest BCUT2D eigenvalue weighted by molar-refractivity contribution is 7.15. The second-order valence-electron chi connectivity index (χ2n) is 6.45. The van der Waals surface area contributed by atoms with Crippen LogP contribution in [0.2, 0.25) is 0 Å². The first-order chi connectivity index (χ1) is 13.6. The summed E-state index contributed by atoms with van der Waals surface area (Å²) in [6.07, 6.45) is 2.26. The predicted octanol–water partition coefficient (Wildman–Crippen LogP) is 2.57. The summed E-state index contributed by atoms with van der Waals surface area (Å²) >= 11 is 1.22. The van der Waals surface area contributed by atoms with Crippen LogP contribution in [0.3, 0.4) is 0 Å². The van der Waals surface area contributed by atoms with E-state index in [0.717, 1.165) is 16.9 Å². The molecule has 6 heteroatoms. The number of hydrogen-bond acceptors (Lipinski definition) is 5. The van der Waals surface area contributed by atoms with E-state index in [4.69, 9.17) is 4.74 Å². The number of ether oxygens (including phenoxy) is 1. The van der Waals surface area contributed by atoms with Gasteiger partial charge in [-0.1, -0.05) is 53.8 Å². The summed E-state index contributed by atoms with van der Waals surface area (Å²) in [7, 11) is 1.61. The number of nitrogens with zero attached hydrogens (tertiary/aromatic N) is 2. The van der Waals surface area contributed by atoms with E-state index < -0.39 is 0 Å². The number of rotatable bonds is 4. The highest BCUT2D eigenvalue weighted by atomic mass is 32.1. The lowest BCUT2D eigenvalue weighted by molar-refractivity contribution is 0.415. The van der Waals surface area contributed by atoms with Crippen LogP contribution in [0.1, 0.15) is 22.4 Å². The van der Waals surface area contributed by atoms with E-state index in [1.165, 1.54) is 11.3 Å². The number of aryl methyl sites for hydroxylation is 1. The summed E-state index contributed by atoms with van der Waals surface area (Å²) in [4.78, 5) is 30.1. The first-order valence-corrected chi connectivity index (χ1v) is 9.63. The van der Waals surface area contributed by atoms with Crippen molar-refractivity contribution in [2.45, 2.75) is 13.3 Å². The predicted molar refractivity (Wildman–Crippen MR) is 111 cm³/mol. The monoisotopic (exact) mass is 390 g/mol. The lowest BCUT2D eigenvalue weighted by Crippen LogP contribution is -2.27. The van der Waals surface area contributed by atoms with E-state index in [9.17, 15) is 9.59 Å². The van der Waals surface area contributed by atoms with Crippen molar-refractivity contribution in [2.75, 3.05) is 7.11 Å². The van der Waals surface area contributed by atoms with Crippen LogP contribution >= 0.6 is 11.3 Å². The van der Waals surface area contributed by atoms with Gasteiger partial charge in [0.2, 0.25) is 4.96 Å². The van der Waals surface area contributed by atoms with E-state index in [-0.39, 0.29) is 11.1 Å². The molecule has 5 nitrogen and oxygen atoms in total. The van der Waals surface area contributed by atoms with Crippen molar-refractivity contribution in [1.29, 1.82) is 0 Å². The third-order valence-electron chi connectivity index (χ3n) is 4.67. The molecule has 28 heavy (non-hydrogen) atoms. The van der Waals surface area contributed by atoms with Gasteiger partial charge in [0.15, 0.2) is 0 Å². The van der Waals surface area contributed by atoms with Crippen LogP contribution in [0.25, 0.3) is 11.0 Å². The molecule has 0 saturated carbocycles. The summed E-state index contributed by atoms with van der Waals surface area (Å²) in [6.45, 7) is 1.81. The molecule has 0 N–H and O–H groups in total. The van der Waals surface area contributed by atoms with Gasteiger partial charge in [0, 0.05) is 17.7 Å². The largest absolute Gasteiger partial charge is 0.497 e. The Kier molecular flexibility index (Phi) is 4.79. The van der Waals surface area contributed by atoms with E-state index in [1.54, 1.807) is 18.4 Å². The van der Waals surface area contributed by atoms with Gasteiger partial charge < -0.3 is 4.74 Å². The van der Waals surface area contributed by atoms with Crippen LogP contribution in [0, 0.1) is 6.92 Å². The Bertz CT molecular complexity index is 1310. The van der Waals surface area contributed by atoms with E-state index in [0.29, 0.717) is 27.2 Å². The molecule has 2 heterocycles. The molecule has 140 valence electrons. The molecule has 0 bridgehead atoms. The van der Waals surface area contributed by atoms with Crippen LogP contribution < -0.4 is 20.4 Å². The fraction of sp³-hybridized carbons (Fsp3) is 0.136. The molecule has 2 aromatic heterocycles. The molecule has 0 saturated heterocycles. The van der Waals surface area contributed by atoms with Crippen LogP contribution in [0.4, 0.5) is 0 Å². The molecule has 0 radical (unpaired) electrons. The Morgan fingerprint density at radius 1 is 1.07 bits per heavy atom. The van der Waals surface area contributed by atoms with Crippen LogP contribution in [0.15, 0.2) is 64.2 Å². The molecule has 0 aliphatic heterocycles. The minimum absolute atomic E-state index is 0.157. The average Bonchev–Trinajstić information content (AvgIpc) is 3.01. The average molecular weight is 390 g/mol. The number of aromatic nitrogens is 2. The molecule has 0 amide bonds.